The van der Waals surface area contributed by atoms with Crippen LogP contribution in [0.1, 0.15) is 17.0 Å². The molecule has 1 fully saturated rings. The van der Waals surface area contributed by atoms with Crippen LogP contribution < -0.4 is 25.2 Å². The Balaban J connectivity index is 1.25. The van der Waals surface area contributed by atoms with Crippen molar-refractivity contribution >= 4 is 11.4 Å². The molecule has 4 heterocycles. The standard InChI is InChI=1S/C28H27N5O4/c1-35-27-7-8-29-25(32-27)17-30-20-5-6-24-19(14-20)13-18-3-2-4-22(28(18)37-24)23-15-21(16-26(34)31-23)33-9-11-36-12-10-33/h2-8,14-16,30H,9-13,17H2,1H3,(H,31,34). The van der Waals surface area contributed by atoms with Gasteiger partial charge in [0.1, 0.15) is 11.5 Å². The Morgan fingerprint density at radius 1 is 1.08 bits per heavy atom. The van der Waals surface area contributed by atoms with Gasteiger partial charge in [0.05, 0.1) is 32.6 Å². The fourth-order valence-corrected chi connectivity index (χ4v) is 4.74. The number of ether oxygens (including phenoxy) is 3. The molecule has 2 aromatic carbocycles. The lowest BCUT2D eigenvalue weighted by atomic mass is 9.96. The highest BCUT2D eigenvalue weighted by atomic mass is 16.5. The lowest BCUT2D eigenvalue weighted by Gasteiger charge is -2.29. The average molecular weight is 498 g/mol. The van der Waals surface area contributed by atoms with Crippen molar-refractivity contribution in [1.29, 1.82) is 0 Å². The predicted octanol–water partition coefficient (Wildman–Crippen LogP) is 3.99. The van der Waals surface area contributed by atoms with Gasteiger partial charge in [0.15, 0.2) is 5.82 Å². The highest BCUT2D eigenvalue weighted by Gasteiger charge is 2.22. The Kier molecular flexibility index (Phi) is 6.20. The minimum absolute atomic E-state index is 0.136. The van der Waals surface area contributed by atoms with Crippen molar-refractivity contribution in [2.45, 2.75) is 13.0 Å². The predicted molar refractivity (Wildman–Crippen MR) is 141 cm³/mol. The molecular weight excluding hydrogens is 470 g/mol. The summed E-state index contributed by atoms with van der Waals surface area (Å²) in [4.78, 5) is 26.4. The molecule has 188 valence electrons. The minimum atomic E-state index is -0.136. The molecule has 1 saturated heterocycles. The van der Waals surface area contributed by atoms with Crippen LogP contribution in [0.25, 0.3) is 11.3 Å². The van der Waals surface area contributed by atoms with Crippen molar-refractivity contribution in [3.63, 3.8) is 0 Å². The zero-order chi connectivity index (χ0) is 25.2. The van der Waals surface area contributed by atoms with Crippen molar-refractivity contribution in [2.75, 3.05) is 43.6 Å². The van der Waals surface area contributed by atoms with Crippen LogP contribution in [-0.4, -0.2) is 48.4 Å². The number of hydrogen-bond acceptors (Lipinski definition) is 8. The molecule has 2 aliphatic rings. The third kappa shape index (κ3) is 4.85. The van der Waals surface area contributed by atoms with Gasteiger partial charge in [0.2, 0.25) is 11.4 Å². The summed E-state index contributed by atoms with van der Waals surface area (Å²) in [7, 11) is 1.59. The molecule has 0 bridgehead atoms. The van der Waals surface area contributed by atoms with Gasteiger partial charge >= 0.3 is 0 Å². The minimum Gasteiger partial charge on any atom is -0.481 e. The number of fused-ring (bicyclic) bond motifs is 2. The zero-order valence-corrected chi connectivity index (χ0v) is 20.5. The molecule has 0 spiro atoms. The first kappa shape index (κ1) is 23.1. The second kappa shape index (κ2) is 9.94. The molecule has 37 heavy (non-hydrogen) atoms. The third-order valence-corrected chi connectivity index (χ3v) is 6.59. The number of morpholine rings is 1. The zero-order valence-electron chi connectivity index (χ0n) is 20.5. The monoisotopic (exact) mass is 497 g/mol. The number of benzene rings is 2. The van der Waals surface area contributed by atoms with E-state index >= 15 is 0 Å². The second-order valence-corrected chi connectivity index (χ2v) is 8.98. The summed E-state index contributed by atoms with van der Waals surface area (Å²) in [5.41, 5.74) is 5.47. The summed E-state index contributed by atoms with van der Waals surface area (Å²) in [5, 5.41) is 3.38. The summed E-state index contributed by atoms with van der Waals surface area (Å²) >= 11 is 0. The number of anilines is 2. The Labute approximate surface area is 214 Å². The number of aromatic amines is 1. The molecule has 2 N–H and O–H groups in total. The number of hydrogen-bond donors (Lipinski definition) is 2. The van der Waals surface area contributed by atoms with Crippen LogP contribution >= 0.6 is 0 Å². The molecule has 4 aromatic rings. The molecule has 0 amide bonds. The number of para-hydroxylation sites is 1. The second-order valence-electron chi connectivity index (χ2n) is 8.98. The van der Waals surface area contributed by atoms with E-state index in [4.69, 9.17) is 14.2 Å². The van der Waals surface area contributed by atoms with Crippen LogP contribution in [-0.2, 0) is 17.7 Å². The van der Waals surface area contributed by atoms with Gasteiger partial charge in [-0.1, -0.05) is 12.1 Å². The van der Waals surface area contributed by atoms with Gasteiger partial charge in [-0.2, -0.15) is 4.98 Å². The van der Waals surface area contributed by atoms with Crippen molar-refractivity contribution < 1.29 is 14.2 Å². The Morgan fingerprint density at radius 2 is 1.97 bits per heavy atom. The van der Waals surface area contributed by atoms with E-state index < -0.39 is 0 Å². The molecule has 0 unspecified atom stereocenters. The van der Waals surface area contributed by atoms with E-state index in [9.17, 15) is 4.79 Å². The van der Waals surface area contributed by atoms with Crippen molar-refractivity contribution in [3.8, 4) is 28.6 Å². The molecule has 0 aliphatic carbocycles. The molecule has 0 saturated carbocycles. The normalized spacial score (nSPS) is 14.4. The first-order valence-corrected chi connectivity index (χ1v) is 12.3. The number of rotatable bonds is 6. The molecule has 0 radical (unpaired) electrons. The van der Waals surface area contributed by atoms with Crippen molar-refractivity contribution in [3.05, 3.63) is 88.1 Å². The summed E-state index contributed by atoms with van der Waals surface area (Å²) in [6, 6.07) is 17.5. The molecule has 6 rings (SSSR count). The largest absolute Gasteiger partial charge is 0.481 e. The smallest absolute Gasteiger partial charge is 0.250 e. The summed E-state index contributed by atoms with van der Waals surface area (Å²) < 4.78 is 17.1. The van der Waals surface area contributed by atoms with Gasteiger partial charge in [-0.05, 0) is 35.9 Å². The maximum atomic E-state index is 12.6. The molecule has 2 aliphatic heterocycles. The molecule has 9 heteroatoms. The quantitative estimate of drug-likeness (QED) is 0.363. The van der Waals surface area contributed by atoms with Gasteiger partial charge in [0.25, 0.3) is 0 Å². The summed E-state index contributed by atoms with van der Waals surface area (Å²) in [6.45, 7) is 3.32. The Hall–Kier alpha value is -4.37. The van der Waals surface area contributed by atoms with Crippen LogP contribution in [0.3, 0.4) is 0 Å². The number of H-pyrrole nitrogens is 1. The molecule has 9 nitrogen and oxygen atoms in total. The third-order valence-electron chi connectivity index (χ3n) is 6.59. The van der Waals surface area contributed by atoms with Crippen LogP contribution in [0.15, 0.2) is 65.6 Å². The van der Waals surface area contributed by atoms with E-state index in [0.29, 0.717) is 31.5 Å². The topological polar surface area (TPSA) is 102 Å². The van der Waals surface area contributed by atoms with E-state index in [1.807, 2.05) is 30.3 Å². The maximum absolute atomic E-state index is 12.6. The Morgan fingerprint density at radius 3 is 2.84 bits per heavy atom. The summed E-state index contributed by atoms with van der Waals surface area (Å²) in [5.74, 6) is 2.76. The van der Waals surface area contributed by atoms with Crippen LogP contribution in [0.2, 0.25) is 0 Å². The van der Waals surface area contributed by atoms with Crippen LogP contribution in [0, 0.1) is 0 Å². The number of aromatic nitrogens is 3. The van der Waals surface area contributed by atoms with E-state index in [1.54, 1.807) is 25.4 Å². The average Bonchev–Trinajstić information content (AvgIpc) is 2.95. The van der Waals surface area contributed by atoms with E-state index in [-0.39, 0.29) is 5.56 Å². The lowest BCUT2D eigenvalue weighted by molar-refractivity contribution is 0.122. The van der Waals surface area contributed by atoms with Gasteiger partial charge < -0.3 is 29.4 Å². The first-order chi connectivity index (χ1) is 18.2. The first-order valence-electron chi connectivity index (χ1n) is 12.3. The molecular formula is C28H27N5O4. The number of methoxy groups -OCH3 is 1. The van der Waals surface area contributed by atoms with Crippen LogP contribution in [0.5, 0.6) is 17.4 Å². The Bertz CT molecular complexity index is 1500. The van der Waals surface area contributed by atoms with Gasteiger partial charge in [-0.25, -0.2) is 4.98 Å². The molecule has 2 aromatic heterocycles. The summed E-state index contributed by atoms with van der Waals surface area (Å²) in [6.07, 6.45) is 2.40. The number of nitrogens with one attached hydrogen (secondary N) is 2. The fraction of sp³-hybridized carbons (Fsp3) is 0.250. The maximum Gasteiger partial charge on any atom is 0.250 e. The highest BCUT2D eigenvalue weighted by molar-refractivity contribution is 5.74. The van der Waals surface area contributed by atoms with Crippen LogP contribution in [0.4, 0.5) is 11.4 Å². The van der Waals surface area contributed by atoms with Crippen molar-refractivity contribution in [2.24, 2.45) is 0 Å². The van der Waals surface area contributed by atoms with Gasteiger partial charge in [0, 0.05) is 60.3 Å². The SMILES string of the molecule is COc1ccnc(CNc2ccc3c(c2)Cc2cccc(-c4cc(N5CCOCC5)cc(=O)[nH]4)c2O3)n1. The van der Waals surface area contributed by atoms with E-state index in [0.717, 1.165) is 64.8 Å². The fourth-order valence-electron chi connectivity index (χ4n) is 4.74. The van der Waals surface area contributed by atoms with E-state index in [2.05, 4.69) is 37.3 Å². The van der Waals surface area contributed by atoms with Gasteiger partial charge in [-0.3, -0.25) is 4.79 Å². The van der Waals surface area contributed by atoms with E-state index in [1.165, 1.54) is 0 Å². The van der Waals surface area contributed by atoms with Gasteiger partial charge in [-0.15, -0.1) is 0 Å². The highest BCUT2D eigenvalue weighted by Crippen LogP contribution is 2.43. The van der Waals surface area contributed by atoms with Crippen molar-refractivity contribution in [1.82, 2.24) is 15.0 Å². The number of nitrogens with zero attached hydrogens (tertiary/aromatic N) is 3. The lowest BCUT2D eigenvalue weighted by Crippen LogP contribution is -2.36. The number of pyridine rings is 1. The molecule has 0 atom stereocenters.